The standard InChI is InChI=1S/C30H39N7O5.CH2O2/c1-19-16-32-28(41-19)25-23(39)24(40)29(42-25)37-17-33-22-26(31-14-12-20-8-4-2-5-9-20)34-30(35-27(22)37)36(18-38)15-13-21-10-6-3-7-11-21;2-1-3/h3,6-7,10-11,16-17,20,23-25,29,38-40H,2,4-5,8-9,12-15,18H2,1H3,(H,31,34,35);1H,(H,2,3)/t23-,24+,25-,29+;/m0./s1. The monoisotopic (exact) mass is 623 g/mol. The van der Waals surface area contributed by atoms with Gasteiger partial charge in [-0.15, -0.1) is 0 Å². The minimum Gasteiger partial charge on any atom is -0.483 e. The lowest BCUT2D eigenvalue weighted by molar-refractivity contribution is -0.122. The van der Waals surface area contributed by atoms with Crippen molar-refractivity contribution in [3.05, 3.63) is 60.1 Å². The number of hydrogen-bond donors (Lipinski definition) is 5. The molecule has 0 bridgehead atoms. The Kier molecular flexibility index (Phi) is 10.9. The zero-order valence-electron chi connectivity index (χ0n) is 25.3. The number of aryl methyl sites for hydroxylation is 1. The summed E-state index contributed by atoms with van der Waals surface area (Å²) >= 11 is 0. The van der Waals surface area contributed by atoms with Crippen LogP contribution in [0.1, 0.15) is 68.1 Å². The quantitative estimate of drug-likeness (QED) is 0.121. The molecule has 242 valence electrons. The molecule has 45 heavy (non-hydrogen) atoms. The van der Waals surface area contributed by atoms with Crippen molar-refractivity contribution in [3.63, 3.8) is 0 Å². The van der Waals surface area contributed by atoms with Crippen molar-refractivity contribution < 1.29 is 34.4 Å². The first-order valence-corrected chi connectivity index (χ1v) is 15.3. The third-order valence-electron chi connectivity index (χ3n) is 8.34. The van der Waals surface area contributed by atoms with Gasteiger partial charge in [-0.3, -0.25) is 9.36 Å². The molecule has 1 aromatic carbocycles. The SMILES string of the molecule is Cc1cnc([C@H]2O[C@@H](n3cnc4c(NCCC5CCCCC5)nc(N(CO)CCc5ccccc5)nc43)[C@H](O)[C@@H]2O)o1.O=CO. The molecule has 0 radical (unpaired) electrons. The number of benzene rings is 1. The molecule has 0 unspecified atom stereocenters. The maximum atomic E-state index is 11.0. The molecule has 14 nitrogen and oxygen atoms in total. The highest BCUT2D eigenvalue weighted by Crippen LogP contribution is 2.40. The van der Waals surface area contributed by atoms with Crippen LogP contribution >= 0.6 is 0 Å². The van der Waals surface area contributed by atoms with Gasteiger partial charge in [-0.05, 0) is 31.2 Å². The van der Waals surface area contributed by atoms with Crippen molar-refractivity contribution >= 4 is 29.4 Å². The van der Waals surface area contributed by atoms with E-state index in [9.17, 15) is 15.3 Å². The number of aliphatic hydroxyl groups excluding tert-OH is 3. The first-order chi connectivity index (χ1) is 21.9. The molecular weight excluding hydrogens is 582 g/mol. The van der Waals surface area contributed by atoms with Crippen molar-refractivity contribution in [2.75, 3.05) is 30.0 Å². The Labute approximate surface area is 260 Å². The van der Waals surface area contributed by atoms with E-state index in [4.69, 9.17) is 29.0 Å². The van der Waals surface area contributed by atoms with Gasteiger partial charge < -0.3 is 39.8 Å². The van der Waals surface area contributed by atoms with Crippen LogP contribution in [0.5, 0.6) is 0 Å². The van der Waals surface area contributed by atoms with E-state index < -0.39 is 24.5 Å². The summed E-state index contributed by atoms with van der Waals surface area (Å²) in [5.74, 6) is 2.34. The summed E-state index contributed by atoms with van der Waals surface area (Å²) in [6.45, 7) is 2.45. The van der Waals surface area contributed by atoms with Crippen LogP contribution in [0, 0.1) is 12.8 Å². The molecule has 4 aromatic rings. The summed E-state index contributed by atoms with van der Waals surface area (Å²) in [6, 6.07) is 10.0. The number of ether oxygens (including phenoxy) is 1. The van der Waals surface area contributed by atoms with Crippen molar-refractivity contribution in [3.8, 4) is 0 Å². The number of fused-ring (bicyclic) bond motifs is 1. The van der Waals surface area contributed by atoms with Gasteiger partial charge in [0.1, 0.15) is 24.7 Å². The van der Waals surface area contributed by atoms with E-state index in [2.05, 4.69) is 15.3 Å². The lowest BCUT2D eigenvalue weighted by Crippen LogP contribution is -2.30. The van der Waals surface area contributed by atoms with E-state index in [1.807, 2.05) is 30.3 Å². The summed E-state index contributed by atoms with van der Waals surface area (Å²) < 4.78 is 13.3. The first-order valence-electron chi connectivity index (χ1n) is 15.3. The van der Waals surface area contributed by atoms with E-state index in [-0.39, 0.29) is 19.1 Å². The Morgan fingerprint density at radius 2 is 1.84 bits per heavy atom. The maximum absolute atomic E-state index is 11.0. The third kappa shape index (κ3) is 7.59. The van der Waals surface area contributed by atoms with Crippen LogP contribution in [0.15, 0.2) is 47.3 Å². The van der Waals surface area contributed by atoms with E-state index in [1.54, 1.807) is 22.6 Å². The summed E-state index contributed by atoms with van der Waals surface area (Å²) in [6.07, 6.45) is 6.70. The Morgan fingerprint density at radius 1 is 1.09 bits per heavy atom. The topological polar surface area (TPSA) is 192 Å². The van der Waals surface area contributed by atoms with E-state index in [0.29, 0.717) is 47.6 Å². The van der Waals surface area contributed by atoms with Crippen molar-refractivity contribution in [2.24, 2.45) is 5.92 Å². The van der Waals surface area contributed by atoms with Crippen LogP contribution in [0.2, 0.25) is 0 Å². The van der Waals surface area contributed by atoms with Crippen LogP contribution < -0.4 is 10.2 Å². The van der Waals surface area contributed by atoms with Crippen LogP contribution in [-0.2, 0) is 16.0 Å². The highest BCUT2D eigenvalue weighted by atomic mass is 16.6. The zero-order valence-corrected chi connectivity index (χ0v) is 25.3. The number of oxazole rings is 1. The number of anilines is 2. The minimum absolute atomic E-state index is 0.193. The van der Waals surface area contributed by atoms with E-state index in [0.717, 1.165) is 18.5 Å². The number of hydrogen-bond acceptors (Lipinski definition) is 12. The van der Waals surface area contributed by atoms with Crippen molar-refractivity contribution in [1.82, 2.24) is 24.5 Å². The molecule has 4 heterocycles. The zero-order chi connectivity index (χ0) is 31.8. The summed E-state index contributed by atoms with van der Waals surface area (Å²) in [4.78, 5) is 28.4. The molecule has 1 aliphatic heterocycles. The number of nitrogens with zero attached hydrogens (tertiary/aromatic N) is 6. The maximum Gasteiger partial charge on any atom is 0.290 e. The predicted octanol–water partition coefficient (Wildman–Crippen LogP) is 3.20. The molecule has 1 aliphatic carbocycles. The van der Waals surface area contributed by atoms with E-state index in [1.165, 1.54) is 38.4 Å². The van der Waals surface area contributed by atoms with Gasteiger partial charge in [0.05, 0.1) is 12.5 Å². The van der Waals surface area contributed by atoms with Crippen molar-refractivity contribution in [2.45, 2.75) is 76.4 Å². The van der Waals surface area contributed by atoms with Gasteiger partial charge in [0.15, 0.2) is 29.3 Å². The van der Waals surface area contributed by atoms with Gasteiger partial charge in [-0.25, -0.2) is 9.97 Å². The van der Waals surface area contributed by atoms with Gasteiger partial charge in [0, 0.05) is 13.1 Å². The summed E-state index contributed by atoms with van der Waals surface area (Å²) in [7, 11) is 0. The molecule has 0 spiro atoms. The Morgan fingerprint density at radius 3 is 2.53 bits per heavy atom. The van der Waals surface area contributed by atoms with Gasteiger partial charge in [0.25, 0.3) is 6.47 Å². The predicted molar refractivity (Wildman–Crippen MR) is 164 cm³/mol. The number of nitrogens with one attached hydrogen (secondary N) is 1. The molecule has 3 aromatic heterocycles. The fourth-order valence-electron chi connectivity index (χ4n) is 5.97. The van der Waals surface area contributed by atoms with Crippen LogP contribution in [0.4, 0.5) is 11.8 Å². The highest BCUT2D eigenvalue weighted by Gasteiger charge is 2.47. The molecule has 14 heteroatoms. The molecule has 2 aliphatic rings. The fourth-order valence-corrected chi connectivity index (χ4v) is 5.97. The van der Waals surface area contributed by atoms with Crippen LogP contribution in [-0.4, -0.2) is 83.4 Å². The second-order valence-electron chi connectivity index (χ2n) is 11.4. The number of carbonyl (C=O) groups is 1. The minimum atomic E-state index is -1.28. The van der Waals surface area contributed by atoms with Crippen molar-refractivity contribution in [1.29, 1.82) is 0 Å². The molecule has 2 fully saturated rings. The second kappa shape index (κ2) is 15.3. The summed E-state index contributed by atoms with van der Waals surface area (Å²) in [5, 5.41) is 42.5. The lowest BCUT2D eigenvalue weighted by atomic mass is 9.87. The lowest BCUT2D eigenvalue weighted by Gasteiger charge is -2.23. The number of aliphatic hydroxyl groups is 3. The molecule has 6 rings (SSSR count). The van der Waals surface area contributed by atoms with Gasteiger partial charge in [-0.1, -0.05) is 62.4 Å². The Bertz CT molecular complexity index is 1510. The van der Waals surface area contributed by atoms with Crippen LogP contribution in [0.25, 0.3) is 11.2 Å². The molecule has 0 amide bonds. The average molecular weight is 624 g/mol. The highest BCUT2D eigenvalue weighted by molar-refractivity contribution is 5.84. The molecular formula is C31H41N7O7. The Hall–Kier alpha value is -4.11. The molecule has 1 saturated heterocycles. The molecule has 5 N–H and O–H groups in total. The number of rotatable bonds is 11. The number of carboxylic acid groups (broad SMARTS) is 1. The van der Waals surface area contributed by atoms with E-state index >= 15 is 0 Å². The summed E-state index contributed by atoms with van der Waals surface area (Å²) in [5.41, 5.74) is 2.07. The largest absolute Gasteiger partial charge is 0.483 e. The molecule has 4 atom stereocenters. The Balaban J connectivity index is 0.00000128. The number of imidazole rings is 1. The molecule has 1 saturated carbocycles. The average Bonchev–Trinajstić information content (AvgIpc) is 3.76. The normalized spacial score (nSPS) is 21.8. The van der Waals surface area contributed by atoms with Gasteiger partial charge in [-0.2, -0.15) is 9.97 Å². The smallest absolute Gasteiger partial charge is 0.290 e. The third-order valence-corrected chi connectivity index (χ3v) is 8.34. The second-order valence-corrected chi connectivity index (χ2v) is 11.4. The number of aromatic nitrogens is 5. The first kappa shape index (κ1) is 32.3. The fraction of sp³-hybridized carbons (Fsp3) is 0.516. The van der Waals surface area contributed by atoms with Gasteiger partial charge >= 0.3 is 0 Å². The van der Waals surface area contributed by atoms with Gasteiger partial charge in [0.2, 0.25) is 11.8 Å². The van der Waals surface area contributed by atoms with Crippen LogP contribution in [0.3, 0.4) is 0 Å².